The zero-order valence-electron chi connectivity index (χ0n) is 15.9. The van der Waals surface area contributed by atoms with Gasteiger partial charge in [-0.25, -0.2) is 4.68 Å². The molecule has 7 heteroatoms. The molecule has 0 bridgehead atoms. The molecule has 28 heavy (non-hydrogen) atoms. The summed E-state index contributed by atoms with van der Waals surface area (Å²) in [4.78, 5) is 24.9. The number of hydrogen-bond donors (Lipinski definition) is 2. The fourth-order valence-electron chi connectivity index (χ4n) is 2.60. The summed E-state index contributed by atoms with van der Waals surface area (Å²) in [6.07, 6.45) is 3.43. The summed E-state index contributed by atoms with van der Waals surface area (Å²) < 4.78 is 1.64. The summed E-state index contributed by atoms with van der Waals surface area (Å²) in [6.45, 7) is 5.73. The Labute approximate surface area is 168 Å². The van der Waals surface area contributed by atoms with Gasteiger partial charge >= 0.3 is 0 Å². The summed E-state index contributed by atoms with van der Waals surface area (Å²) in [5, 5.41) is 10.4. The van der Waals surface area contributed by atoms with E-state index in [9.17, 15) is 9.59 Å². The lowest BCUT2D eigenvalue weighted by Crippen LogP contribution is -2.40. The first-order valence-corrected chi connectivity index (χ1v) is 9.14. The van der Waals surface area contributed by atoms with Gasteiger partial charge in [-0.1, -0.05) is 11.6 Å². The van der Waals surface area contributed by atoms with Gasteiger partial charge in [-0.15, -0.1) is 0 Å². The second kappa shape index (κ2) is 7.86. The molecule has 6 nitrogen and oxygen atoms in total. The highest BCUT2D eigenvalue weighted by atomic mass is 35.5. The molecule has 0 fully saturated rings. The van der Waals surface area contributed by atoms with Crippen LogP contribution in [0.5, 0.6) is 0 Å². The first kappa shape index (κ1) is 19.6. The van der Waals surface area contributed by atoms with Crippen molar-refractivity contribution in [2.24, 2.45) is 0 Å². The van der Waals surface area contributed by atoms with Crippen LogP contribution in [0.15, 0.2) is 60.9 Å². The van der Waals surface area contributed by atoms with Crippen molar-refractivity contribution in [3.63, 3.8) is 0 Å². The normalized spacial score (nSPS) is 11.1. The molecule has 0 aliphatic rings. The average Bonchev–Trinajstić information content (AvgIpc) is 3.15. The van der Waals surface area contributed by atoms with Crippen LogP contribution in [0.4, 0.5) is 5.69 Å². The molecule has 0 saturated carbocycles. The van der Waals surface area contributed by atoms with E-state index in [1.165, 1.54) is 0 Å². The maximum atomic E-state index is 12.7. The van der Waals surface area contributed by atoms with Crippen LogP contribution >= 0.6 is 11.6 Å². The average molecular weight is 397 g/mol. The standard InChI is InChI=1S/C21H21ClN4O2/c1-21(2,3)25-20(28)15-7-5-14(6-8-15)19(27)24-17-13-16(22)9-10-18(17)26-12-4-11-23-26/h4-13H,1-3H3,(H,24,27)(H,25,28). The molecule has 1 aromatic heterocycles. The molecular weight excluding hydrogens is 376 g/mol. The van der Waals surface area contributed by atoms with Crippen LogP contribution in [-0.4, -0.2) is 27.1 Å². The summed E-state index contributed by atoms with van der Waals surface area (Å²) >= 11 is 6.09. The first-order chi connectivity index (χ1) is 13.2. The molecule has 0 unspecified atom stereocenters. The topological polar surface area (TPSA) is 76.0 Å². The van der Waals surface area contributed by atoms with E-state index < -0.39 is 0 Å². The van der Waals surface area contributed by atoms with Crippen molar-refractivity contribution in [2.45, 2.75) is 26.3 Å². The lowest BCUT2D eigenvalue weighted by atomic mass is 10.1. The first-order valence-electron chi connectivity index (χ1n) is 8.76. The minimum Gasteiger partial charge on any atom is -0.347 e. The summed E-state index contributed by atoms with van der Waals surface area (Å²) in [5.74, 6) is -0.492. The minimum atomic E-state index is -0.331. The fourth-order valence-corrected chi connectivity index (χ4v) is 2.77. The third-order valence-corrected chi connectivity index (χ3v) is 4.09. The molecule has 0 atom stereocenters. The molecule has 0 aliphatic carbocycles. The molecule has 3 rings (SSSR count). The highest BCUT2D eigenvalue weighted by Crippen LogP contribution is 2.24. The molecule has 0 saturated heterocycles. The Balaban J connectivity index is 1.79. The van der Waals surface area contributed by atoms with Crippen molar-refractivity contribution in [3.05, 3.63) is 77.1 Å². The van der Waals surface area contributed by atoms with Crippen LogP contribution < -0.4 is 10.6 Å². The van der Waals surface area contributed by atoms with Crippen molar-refractivity contribution in [1.82, 2.24) is 15.1 Å². The van der Waals surface area contributed by atoms with Crippen molar-refractivity contribution in [1.29, 1.82) is 0 Å². The molecule has 2 aromatic carbocycles. The Bertz CT molecular complexity index is 990. The van der Waals surface area contributed by atoms with Gasteiger partial charge in [0.05, 0.1) is 11.4 Å². The number of benzene rings is 2. The largest absolute Gasteiger partial charge is 0.347 e. The predicted octanol–water partition coefficient (Wildman–Crippen LogP) is 4.31. The Morgan fingerprint density at radius 2 is 1.64 bits per heavy atom. The van der Waals surface area contributed by atoms with Gasteiger partial charge in [0.2, 0.25) is 0 Å². The van der Waals surface area contributed by atoms with E-state index in [0.29, 0.717) is 27.5 Å². The fraction of sp³-hybridized carbons (Fsp3) is 0.190. The highest BCUT2D eigenvalue weighted by Gasteiger charge is 2.16. The summed E-state index contributed by atoms with van der Waals surface area (Å²) in [5.41, 5.74) is 1.83. The Hall–Kier alpha value is -3.12. The van der Waals surface area contributed by atoms with Crippen LogP contribution in [0.2, 0.25) is 5.02 Å². The maximum Gasteiger partial charge on any atom is 0.255 e. The van der Waals surface area contributed by atoms with Gasteiger partial charge in [0.1, 0.15) is 0 Å². The number of nitrogens with zero attached hydrogens (tertiary/aromatic N) is 2. The molecule has 144 valence electrons. The van der Waals surface area contributed by atoms with Crippen LogP contribution in [0, 0.1) is 0 Å². The number of amides is 2. The van der Waals surface area contributed by atoms with Gasteiger partial charge in [0.25, 0.3) is 11.8 Å². The number of hydrogen-bond acceptors (Lipinski definition) is 3. The van der Waals surface area contributed by atoms with E-state index in [1.807, 2.05) is 20.8 Å². The van der Waals surface area contributed by atoms with Crippen molar-refractivity contribution in [3.8, 4) is 5.69 Å². The molecule has 0 aliphatic heterocycles. The quantitative estimate of drug-likeness (QED) is 0.690. The minimum absolute atomic E-state index is 0.185. The van der Waals surface area contributed by atoms with Crippen LogP contribution in [-0.2, 0) is 0 Å². The SMILES string of the molecule is CC(C)(C)NC(=O)c1ccc(C(=O)Nc2cc(Cl)ccc2-n2cccn2)cc1. The molecule has 2 amide bonds. The smallest absolute Gasteiger partial charge is 0.255 e. The number of aromatic nitrogens is 2. The lowest BCUT2D eigenvalue weighted by Gasteiger charge is -2.20. The molecule has 0 radical (unpaired) electrons. The second-order valence-electron chi connectivity index (χ2n) is 7.35. The molecular formula is C21H21ClN4O2. The molecule has 3 aromatic rings. The van der Waals surface area contributed by atoms with E-state index >= 15 is 0 Å². The van der Waals surface area contributed by atoms with Crippen LogP contribution in [0.1, 0.15) is 41.5 Å². The third-order valence-electron chi connectivity index (χ3n) is 3.86. The second-order valence-corrected chi connectivity index (χ2v) is 7.78. The van der Waals surface area contributed by atoms with Crippen LogP contribution in [0.3, 0.4) is 0 Å². The van der Waals surface area contributed by atoms with E-state index in [2.05, 4.69) is 15.7 Å². The lowest BCUT2D eigenvalue weighted by molar-refractivity contribution is 0.0918. The zero-order chi connectivity index (χ0) is 20.3. The predicted molar refractivity (Wildman–Crippen MR) is 110 cm³/mol. The molecule has 2 N–H and O–H groups in total. The number of carbonyl (C=O) groups excluding carboxylic acids is 2. The van der Waals surface area contributed by atoms with Crippen molar-refractivity contribution >= 4 is 29.1 Å². The van der Waals surface area contributed by atoms with Crippen LogP contribution in [0.25, 0.3) is 5.69 Å². The summed E-state index contributed by atoms with van der Waals surface area (Å²) in [7, 11) is 0. The number of anilines is 1. The van der Waals surface area contributed by atoms with E-state index in [1.54, 1.807) is 65.6 Å². The van der Waals surface area contributed by atoms with Gasteiger partial charge in [-0.05, 0) is 69.3 Å². The van der Waals surface area contributed by atoms with Gasteiger partial charge in [0, 0.05) is 34.1 Å². The third kappa shape index (κ3) is 4.78. The highest BCUT2D eigenvalue weighted by molar-refractivity contribution is 6.31. The van der Waals surface area contributed by atoms with Gasteiger partial charge < -0.3 is 10.6 Å². The molecule has 1 heterocycles. The van der Waals surface area contributed by atoms with Crippen molar-refractivity contribution in [2.75, 3.05) is 5.32 Å². The van der Waals surface area contributed by atoms with E-state index in [4.69, 9.17) is 11.6 Å². The number of rotatable bonds is 4. The Morgan fingerprint density at radius 3 is 2.21 bits per heavy atom. The zero-order valence-corrected chi connectivity index (χ0v) is 16.6. The van der Waals surface area contributed by atoms with E-state index in [0.717, 1.165) is 0 Å². The number of nitrogens with one attached hydrogen (secondary N) is 2. The van der Waals surface area contributed by atoms with Crippen molar-refractivity contribution < 1.29 is 9.59 Å². The molecule has 0 spiro atoms. The van der Waals surface area contributed by atoms with Gasteiger partial charge in [0.15, 0.2) is 0 Å². The number of carbonyl (C=O) groups is 2. The Morgan fingerprint density at radius 1 is 1.00 bits per heavy atom. The van der Waals surface area contributed by atoms with Gasteiger partial charge in [-0.2, -0.15) is 5.10 Å². The van der Waals surface area contributed by atoms with E-state index in [-0.39, 0.29) is 17.4 Å². The maximum absolute atomic E-state index is 12.7. The Kier molecular flexibility index (Phi) is 5.51. The van der Waals surface area contributed by atoms with Gasteiger partial charge in [-0.3, -0.25) is 9.59 Å². The number of halogens is 1. The summed E-state index contributed by atoms with van der Waals surface area (Å²) in [6, 6.07) is 13.5. The monoisotopic (exact) mass is 396 g/mol.